The van der Waals surface area contributed by atoms with Crippen LogP contribution < -0.4 is 0 Å². The molecule has 2 aromatic carbocycles. The van der Waals surface area contributed by atoms with E-state index in [1.807, 2.05) is 0 Å². The highest BCUT2D eigenvalue weighted by atomic mass is 79.9. The molecule has 0 aliphatic rings. The topological polar surface area (TPSA) is 20.2 Å². The Hall–Kier alpha value is -1.33. The SMILES string of the molecule is OC(Cc1ccc(F)c(Br)c1)Cc1cccc(F)c1F. The van der Waals surface area contributed by atoms with Gasteiger partial charge in [-0.1, -0.05) is 18.2 Å². The van der Waals surface area contributed by atoms with Gasteiger partial charge in [0.2, 0.25) is 0 Å². The molecule has 0 heterocycles. The minimum absolute atomic E-state index is 0.00140. The third-order valence-corrected chi connectivity index (χ3v) is 3.55. The molecule has 0 fully saturated rings. The Kier molecular flexibility index (Phi) is 4.83. The zero-order valence-electron chi connectivity index (χ0n) is 10.4. The molecule has 0 aromatic heterocycles. The van der Waals surface area contributed by atoms with Crippen molar-refractivity contribution in [1.82, 2.24) is 0 Å². The van der Waals surface area contributed by atoms with Gasteiger partial charge >= 0.3 is 0 Å². The number of rotatable bonds is 4. The number of hydrogen-bond acceptors (Lipinski definition) is 1. The summed E-state index contributed by atoms with van der Waals surface area (Å²) in [6.45, 7) is 0. The average Bonchev–Trinajstić information content (AvgIpc) is 2.39. The second-order valence-electron chi connectivity index (χ2n) is 4.52. The van der Waals surface area contributed by atoms with Gasteiger partial charge in [0.15, 0.2) is 11.6 Å². The predicted molar refractivity (Wildman–Crippen MR) is 73.9 cm³/mol. The Morgan fingerprint density at radius 3 is 2.45 bits per heavy atom. The highest BCUT2D eigenvalue weighted by Gasteiger charge is 2.13. The van der Waals surface area contributed by atoms with E-state index < -0.39 is 17.7 Å². The van der Waals surface area contributed by atoms with Crippen LogP contribution in [0.2, 0.25) is 0 Å². The van der Waals surface area contributed by atoms with Gasteiger partial charge in [0.1, 0.15) is 5.82 Å². The van der Waals surface area contributed by atoms with Crippen LogP contribution in [-0.4, -0.2) is 11.2 Å². The number of benzene rings is 2. The number of aliphatic hydroxyl groups is 1. The minimum Gasteiger partial charge on any atom is -0.392 e. The van der Waals surface area contributed by atoms with E-state index in [4.69, 9.17) is 0 Å². The Morgan fingerprint density at radius 2 is 1.75 bits per heavy atom. The van der Waals surface area contributed by atoms with Gasteiger partial charge in [0, 0.05) is 6.42 Å². The van der Waals surface area contributed by atoms with Crippen LogP contribution in [0, 0.1) is 17.5 Å². The fourth-order valence-corrected chi connectivity index (χ4v) is 2.40. The van der Waals surface area contributed by atoms with Crippen molar-refractivity contribution in [3.05, 3.63) is 69.4 Å². The molecule has 0 saturated heterocycles. The maximum Gasteiger partial charge on any atom is 0.162 e. The van der Waals surface area contributed by atoms with Gasteiger partial charge in [-0.15, -0.1) is 0 Å². The van der Waals surface area contributed by atoms with Crippen LogP contribution in [-0.2, 0) is 12.8 Å². The Balaban J connectivity index is 2.07. The van der Waals surface area contributed by atoms with E-state index in [0.717, 1.165) is 6.07 Å². The zero-order valence-corrected chi connectivity index (χ0v) is 12.0. The molecular weight excluding hydrogens is 333 g/mol. The molecule has 5 heteroatoms. The van der Waals surface area contributed by atoms with Gasteiger partial charge in [0.05, 0.1) is 10.6 Å². The van der Waals surface area contributed by atoms with E-state index in [1.54, 1.807) is 12.1 Å². The van der Waals surface area contributed by atoms with Gasteiger partial charge in [-0.2, -0.15) is 0 Å². The number of hydrogen-bond donors (Lipinski definition) is 1. The molecule has 2 rings (SSSR count). The Morgan fingerprint density at radius 1 is 1.00 bits per heavy atom. The standard InChI is InChI=1S/C15H12BrF3O/c16-12-7-9(4-5-13(12)17)6-11(20)8-10-2-1-3-14(18)15(10)19/h1-5,7,11,20H,6,8H2. The van der Waals surface area contributed by atoms with E-state index in [-0.39, 0.29) is 24.2 Å². The maximum atomic E-state index is 13.5. The molecule has 1 atom stereocenters. The third-order valence-electron chi connectivity index (χ3n) is 2.94. The Bertz CT molecular complexity index is 616. The largest absolute Gasteiger partial charge is 0.392 e. The summed E-state index contributed by atoms with van der Waals surface area (Å²) < 4.78 is 39.9. The van der Waals surface area contributed by atoms with Crippen LogP contribution in [0.4, 0.5) is 13.2 Å². The van der Waals surface area contributed by atoms with E-state index >= 15 is 0 Å². The fraction of sp³-hybridized carbons (Fsp3) is 0.200. The van der Waals surface area contributed by atoms with E-state index in [9.17, 15) is 18.3 Å². The summed E-state index contributed by atoms with van der Waals surface area (Å²) in [5, 5.41) is 9.93. The summed E-state index contributed by atoms with van der Waals surface area (Å²) in [5.41, 5.74) is 0.835. The van der Waals surface area contributed by atoms with Crippen molar-refractivity contribution < 1.29 is 18.3 Å². The maximum absolute atomic E-state index is 13.5. The number of halogens is 4. The van der Waals surface area contributed by atoms with E-state index in [2.05, 4.69) is 15.9 Å². The van der Waals surface area contributed by atoms with Crippen molar-refractivity contribution in [2.75, 3.05) is 0 Å². The first kappa shape index (κ1) is 15.1. The molecular formula is C15H12BrF3O. The molecule has 1 nitrogen and oxygen atoms in total. The second-order valence-corrected chi connectivity index (χ2v) is 5.38. The quantitative estimate of drug-likeness (QED) is 0.888. The highest BCUT2D eigenvalue weighted by molar-refractivity contribution is 9.10. The van der Waals surface area contributed by atoms with Gasteiger partial charge in [-0.3, -0.25) is 0 Å². The lowest BCUT2D eigenvalue weighted by atomic mass is 10.0. The monoisotopic (exact) mass is 344 g/mol. The van der Waals surface area contributed by atoms with Crippen molar-refractivity contribution in [2.24, 2.45) is 0 Å². The molecule has 0 bridgehead atoms. The first-order valence-electron chi connectivity index (χ1n) is 6.02. The van der Waals surface area contributed by atoms with Crippen molar-refractivity contribution in [1.29, 1.82) is 0 Å². The smallest absolute Gasteiger partial charge is 0.162 e. The molecule has 0 saturated carbocycles. The van der Waals surface area contributed by atoms with Crippen molar-refractivity contribution >= 4 is 15.9 Å². The summed E-state index contributed by atoms with van der Waals surface area (Å²) in [4.78, 5) is 0. The molecule has 0 aliphatic heterocycles. The molecule has 0 aliphatic carbocycles. The molecule has 20 heavy (non-hydrogen) atoms. The normalized spacial score (nSPS) is 12.4. The summed E-state index contributed by atoms with van der Waals surface area (Å²) in [6, 6.07) is 8.25. The van der Waals surface area contributed by atoms with Crippen LogP contribution in [0.25, 0.3) is 0 Å². The van der Waals surface area contributed by atoms with Crippen molar-refractivity contribution in [3.63, 3.8) is 0 Å². The average molecular weight is 345 g/mol. The molecule has 0 radical (unpaired) electrons. The first-order chi connectivity index (χ1) is 9.47. The second kappa shape index (κ2) is 6.41. The lowest BCUT2D eigenvalue weighted by molar-refractivity contribution is 0.174. The highest BCUT2D eigenvalue weighted by Crippen LogP contribution is 2.19. The summed E-state index contributed by atoms with van der Waals surface area (Å²) in [5.74, 6) is -2.26. The van der Waals surface area contributed by atoms with E-state index in [0.29, 0.717) is 10.0 Å². The van der Waals surface area contributed by atoms with Gasteiger partial charge in [0.25, 0.3) is 0 Å². The molecule has 2 aromatic rings. The first-order valence-corrected chi connectivity index (χ1v) is 6.81. The molecule has 1 unspecified atom stereocenters. The number of aliphatic hydroxyl groups excluding tert-OH is 1. The minimum atomic E-state index is -0.938. The van der Waals surface area contributed by atoms with Crippen LogP contribution in [0.3, 0.4) is 0 Å². The van der Waals surface area contributed by atoms with Gasteiger partial charge in [-0.25, -0.2) is 13.2 Å². The van der Waals surface area contributed by atoms with E-state index in [1.165, 1.54) is 18.2 Å². The van der Waals surface area contributed by atoms with Crippen molar-refractivity contribution in [3.8, 4) is 0 Å². The van der Waals surface area contributed by atoms with Crippen LogP contribution in [0.15, 0.2) is 40.9 Å². The van der Waals surface area contributed by atoms with Gasteiger partial charge < -0.3 is 5.11 Å². The van der Waals surface area contributed by atoms with Crippen molar-refractivity contribution in [2.45, 2.75) is 18.9 Å². The third kappa shape index (κ3) is 3.61. The predicted octanol–water partition coefficient (Wildman–Crippen LogP) is 4.01. The fourth-order valence-electron chi connectivity index (χ4n) is 1.97. The van der Waals surface area contributed by atoms with Crippen LogP contribution >= 0.6 is 15.9 Å². The van der Waals surface area contributed by atoms with Gasteiger partial charge in [-0.05, 0) is 51.7 Å². The lowest BCUT2D eigenvalue weighted by Gasteiger charge is -2.12. The summed E-state index contributed by atoms with van der Waals surface area (Å²) >= 11 is 3.06. The molecule has 106 valence electrons. The molecule has 0 amide bonds. The molecule has 1 N–H and O–H groups in total. The zero-order chi connectivity index (χ0) is 14.7. The van der Waals surface area contributed by atoms with Crippen LogP contribution in [0.1, 0.15) is 11.1 Å². The Labute approximate surface area is 123 Å². The molecule has 0 spiro atoms. The lowest BCUT2D eigenvalue weighted by Crippen LogP contribution is -2.15. The summed E-state index contributed by atoms with van der Waals surface area (Å²) in [6.07, 6.45) is -0.642. The summed E-state index contributed by atoms with van der Waals surface area (Å²) in [7, 11) is 0. The van der Waals surface area contributed by atoms with Crippen LogP contribution in [0.5, 0.6) is 0 Å².